The summed E-state index contributed by atoms with van der Waals surface area (Å²) in [4.78, 5) is 14.5. The second-order valence-corrected chi connectivity index (χ2v) is 12.4. The minimum atomic E-state index is -3.76. The Morgan fingerprint density at radius 3 is 2.11 bits per heavy atom. The van der Waals surface area contributed by atoms with E-state index < -0.39 is 19.9 Å². The Morgan fingerprint density at radius 2 is 1.53 bits per heavy atom. The van der Waals surface area contributed by atoms with Crippen molar-refractivity contribution in [2.45, 2.75) is 22.9 Å². The van der Waals surface area contributed by atoms with E-state index in [4.69, 9.17) is 9.15 Å². The minimum absolute atomic E-state index is 0.0329. The van der Waals surface area contributed by atoms with Gasteiger partial charge in [0.15, 0.2) is 9.84 Å². The molecule has 0 unspecified atom stereocenters. The summed E-state index contributed by atoms with van der Waals surface area (Å²) in [5, 5.41) is 0. The molecule has 12 heteroatoms. The highest BCUT2D eigenvalue weighted by Crippen LogP contribution is 2.21. The molecule has 36 heavy (non-hydrogen) atoms. The molecule has 1 aromatic heterocycles. The zero-order valence-corrected chi connectivity index (χ0v) is 21.1. The number of piperazine rings is 1. The van der Waals surface area contributed by atoms with Crippen molar-refractivity contribution in [1.82, 2.24) is 9.21 Å². The Balaban J connectivity index is 1.32. The molecule has 1 aliphatic rings. The van der Waals surface area contributed by atoms with Crippen LogP contribution < -0.4 is 10.2 Å². The van der Waals surface area contributed by atoms with Crippen LogP contribution in [-0.2, 0) is 33.0 Å². The first kappa shape index (κ1) is 26.0. The van der Waals surface area contributed by atoms with E-state index in [-0.39, 0.29) is 46.5 Å². The zero-order chi connectivity index (χ0) is 25.9. The van der Waals surface area contributed by atoms with Gasteiger partial charge in [-0.1, -0.05) is 12.1 Å². The van der Waals surface area contributed by atoms with Crippen LogP contribution in [0.4, 0.5) is 4.39 Å². The normalized spacial score (nSPS) is 15.6. The molecule has 4 rings (SSSR count). The maximum absolute atomic E-state index is 13.0. The molecule has 2 aromatic carbocycles. The summed E-state index contributed by atoms with van der Waals surface area (Å²) in [6.07, 6.45) is 2.30. The third-order valence-corrected chi connectivity index (χ3v) is 8.80. The van der Waals surface area contributed by atoms with Gasteiger partial charge in [0.05, 0.1) is 16.3 Å². The van der Waals surface area contributed by atoms with Crippen molar-refractivity contribution >= 4 is 19.9 Å². The first-order chi connectivity index (χ1) is 17.0. The van der Waals surface area contributed by atoms with Gasteiger partial charge < -0.3 is 9.15 Å². The van der Waals surface area contributed by atoms with Crippen LogP contribution in [0.5, 0.6) is 5.75 Å². The van der Waals surface area contributed by atoms with E-state index in [0.29, 0.717) is 31.0 Å². The minimum Gasteiger partial charge on any atom is -0.482 e. The Labute approximate surface area is 208 Å². The maximum atomic E-state index is 13.0. The molecule has 9 nitrogen and oxygen atoms in total. The second-order valence-electron chi connectivity index (χ2n) is 8.41. The van der Waals surface area contributed by atoms with Crippen molar-refractivity contribution < 1.29 is 30.4 Å². The van der Waals surface area contributed by atoms with Gasteiger partial charge in [0.1, 0.15) is 24.4 Å². The third-order valence-electron chi connectivity index (χ3n) is 5.76. The predicted molar refractivity (Wildman–Crippen MR) is 129 cm³/mol. The molecule has 0 amide bonds. The highest BCUT2D eigenvalue weighted by atomic mass is 32.2. The van der Waals surface area contributed by atoms with E-state index in [1.807, 2.05) is 4.90 Å². The Hall–Kier alpha value is -3.06. The van der Waals surface area contributed by atoms with Gasteiger partial charge in [-0.15, -0.1) is 0 Å². The fourth-order valence-corrected chi connectivity index (χ4v) is 5.78. The Bertz CT molecular complexity index is 1480. The van der Waals surface area contributed by atoms with Crippen LogP contribution in [0.2, 0.25) is 0 Å². The highest BCUT2D eigenvalue weighted by molar-refractivity contribution is 7.90. The lowest BCUT2D eigenvalue weighted by molar-refractivity contribution is 0.169. The van der Waals surface area contributed by atoms with Gasteiger partial charge in [-0.3, -0.25) is 9.69 Å². The maximum Gasteiger partial charge on any atom is 0.243 e. The van der Waals surface area contributed by atoms with Crippen molar-refractivity contribution in [1.29, 1.82) is 0 Å². The van der Waals surface area contributed by atoms with E-state index in [0.717, 1.165) is 6.26 Å². The zero-order valence-electron chi connectivity index (χ0n) is 19.5. The molecule has 2 heterocycles. The first-order valence-corrected chi connectivity index (χ1v) is 14.4. The number of sulfone groups is 1. The van der Waals surface area contributed by atoms with E-state index in [2.05, 4.69) is 0 Å². The molecule has 0 spiro atoms. The molecule has 0 N–H and O–H groups in total. The molecule has 192 valence electrons. The Kier molecular flexibility index (Phi) is 7.59. The average Bonchev–Trinajstić information content (AvgIpc) is 2.84. The molecule has 1 fully saturated rings. The lowest BCUT2D eigenvalue weighted by Crippen LogP contribution is -2.48. The van der Waals surface area contributed by atoms with Crippen LogP contribution in [0.25, 0.3) is 0 Å². The molecule has 1 aliphatic heterocycles. The molecule has 0 atom stereocenters. The quantitative estimate of drug-likeness (QED) is 0.431. The number of hydrogen-bond donors (Lipinski definition) is 0. The molecule has 0 radical (unpaired) electrons. The smallest absolute Gasteiger partial charge is 0.243 e. The van der Waals surface area contributed by atoms with Crippen LogP contribution in [0.3, 0.4) is 0 Å². The number of ether oxygens (including phenoxy) is 1. The van der Waals surface area contributed by atoms with E-state index >= 15 is 0 Å². The van der Waals surface area contributed by atoms with Gasteiger partial charge >= 0.3 is 0 Å². The Morgan fingerprint density at radius 1 is 0.917 bits per heavy atom. The molecular weight excluding hydrogens is 511 g/mol. The molecule has 3 aromatic rings. The van der Waals surface area contributed by atoms with Crippen LogP contribution in [0.1, 0.15) is 11.3 Å². The lowest BCUT2D eigenvalue weighted by Gasteiger charge is -2.33. The number of benzene rings is 2. The molecule has 0 aliphatic carbocycles. The number of nitrogens with zero attached hydrogens (tertiary/aromatic N) is 2. The fourth-order valence-electron chi connectivity index (χ4n) is 3.72. The van der Waals surface area contributed by atoms with Crippen molar-refractivity contribution in [3.63, 3.8) is 0 Å². The van der Waals surface area contributed by atoms with Crippen molar-refractivity contribution in [2.75, 3.05) is 32.4 Å². The summed E-state index contributed by atoms with van der Waals surface area (Å²) in [5.41, 5.74) is 0.358. The van der Waals surface area contributed by atoms with Crippen LogP contribution in [-0.4, -0.2) is 58.5 Å². The number of rotatable bonds is 8. The molecular formula is C24H25FN2O7S2. The van der Waals surface area contributed by atoms with Crippen molar-refractivity contribution in [2.24, 2.45) is 0 Å². The second kappa shape index (κ2) is 10.5. The van der Waals surface area contributed by atoms with Crippen molar-refractivity contribution in [3.8, 4) is 5.75 Å². The summed E-state index contributed by atoms with van der Waals surface area (Å²) in [6.45, 7) is 1.74. The van der Waals surface area contributed by atoms with Crippen LogP contribution in [0.15, 0.2) is 79.9 Å². The third kappa shape index (κ3) is 6.19. The summed E-state index contributed by atoms with van der Waals surface area (Å²) < 4.78 is 74.5. The van der Waals surface area contributed by atoms with Crippen LogP contribution in [0, 0.1) is 5.82 Å². The highest BCUT2D eigenvalue weighted by Gasteiger charge is 2.29. The standard InChI is InChI=1S/C24H25FN2O7S2/c1-35(29,30)21-6-8-22(9-7-21)36(31,32)27-12-10-26(11-13-27)15-20-14-23(28)24(17-33-20)34-16-18-2-4-19(25)5-3-18/h2-9,14,17H,10-13,15-16H2,1H3. The summed E-state index contributed by atoms with van der Waals surface area (Å²) in [7, 11) is -7.18. The molecule has 0 saturated carbocycles. The summed E-state index contributed by atoms with van der Waals surface area (Å²) in [6, 6.07) is 12.3. The van der Waals surface area contributed by atoms with Gasteiger partial charge in [0, 0.05) is 38.5 Å². The van der Waals surface area contributed by atoms with Gasteiger partial charge in [0.25, 0.3) is 0 Å². The lowest BCUT2D eigenvalue weighted by atomic mass is 10.2. The van der Waals surface area contributed by atoms with E-state index in [1.165, 1.54) is 53.0 Å². The first-order valence-electron chi connectivity index (χ1n) is 11.0. The summed E-state index contributed by atoms with van der Waals surface area (Å²) >= 11 is 0. The van der Waals surface area contributed by atoms with Gasteiger partial charge in [0.2, 0.25) is 21.2 Å². The summed E-state index contributed by atoms with van der Waals surface area (Å²) in [5.74, 6) is 0.104. The van der Waals surface area contributed by atoms with Crippen LogP contribution >= 0.6 is 0 Å². The average molecular weight is 537 g/mol. The molecule has 1 saturated heterocycles. The van der Waals surface area contributed by atoms with Gasteiger partial charge in [-0.05, 0) is 42.0 Å². The van der Waals surface area contributed by atoms with Gasteiger partial charge in [-0.2, -0.15) is 4.31 Å². The van der Waals surface area contributed by atoms with E-state index in [1.54, 1.807) is 12.1 Å². The monoisotopic (exact) mass is 536 g/mol. The number of sulfonamides is 1. The largest absolute Gasteiger partial charge is 0.482 e. The van der Waals surface area contributed by atoms with Crippen molar-refractivity contribution in [3.05, 3.63) is 88.2 Å². The topological polar surface area (TPSA) is 114 Å². The fraction of sp³-hybridized carbons (Fsp3) is 0.292. The molecule has 0 bridgehead atoms. The SMILES string of the molecule is CS(=O)(=O)c1ccc(S(=O)(=O)N2CCN(Cc3cc(=O)c(OCc4ccc(F)cc4)co3)CC2)cc1. The predicted octanol–water partition coefficient (Wildman–Crippen LogP) is 2.27. The number of hydrogen-bond acceptors (Lipinski definition) is 8. The number of halogens is 1. The van der Waals surface area contributed by atoms with Gasteiger partial charge in [-0.25, -0.2) is 21.2 Å². The van der Waals surface area contributed by atoms with E-state index in [9.17, 15) is 26.0 Å².